The number of benzene rings is 1. The SMILES string of the molecule is COC(=O)C(Cc1cccc(Cl)c1C)C(C)=O. The second-order valence-corrected chi connectivity index (χ2v) is 4.32. The highest BCUT2D eigenvalue weighted by Crippen LogP contribution is 2.22. The first kappa shape index (κ1) is 13.7. The van der Waals surface area contributed by atoms with Crippen molar-refractivity contribution < 1.29 is 14.3 Å². The van der Waals surface area contributed by atoms with E-state index in [9.17, 15) is 9.59 Å². The van der Waals surface area contributed by atoms with E-state index in [1.54, 1.807) is 12.1 Å². The molecular formula is C13H15ClO3. The molecule has 0 heterocycles. The van der Waals surface area contributed by atoms with Crippen LogP contribution in [-0.2, 0) is 20.7 Å². The van der Waals surface area contributed by atoms with E-state index < -0.39 is 11.9 Å². The first-order valence-corrected chi connectivity index (χ1v) is 5.67. The number of hydrogen-bond acceptors (Lipinski definition) is 3. The third kappa shape index (κ3) is 3.30. The number of rotatable bonds is 4. The third-order valence-corrected chi connectivity index (χ3v) is 3.19. The molecule has 1 atom stereocenters. The summed E-state index contributed by atoms with van der Waals surface area (Å²) in [4.78, 5) is 22.9. The molecule has 0 fully saturated rings. The summed E-state index contributed by atoms with van der Waals surface area (Å²) in [5, 5.41) is 0.634. The van der Waals surface area contributed by atoms with Gasteiger partial charge in [-0.3, -0.25) is 9.59 Å². The van der Waals surface area contributed by atoms with Crippen LogP contribution in [0.3, 0.4) is 0 Å². The Morgan fingerprint density at radius 3 is 2.59 bits per heavy atom. The van der Waals surface area contributed by atoms with E-state index in [4.69, 9.17) is 11.6 Å². The number of esters is 1. The van der Waals surface area contributed by atoms with E-state index in [1.165, 1.54) is 14.0 Å². The van der Waals surface area contributed by atoms with Gasteiger partial charge in [0.25, 0.3) is 0 Å². The van der Waals surface area contributed by atoms with Gasteiger partial charge >= 0.3 is 5.97 Å². The third-order valence-electron chi connectivity index (χ3n) is 2.78. The number of halogens is 1. The second kappa shape index (κ2) is 5.82. The van der Waals surface area contributed by atoms with Gasteiger partial charge in [0, 0.05) is 5.02 Å². The second-order valence-electron chi connectivity index (χ2n) is 3.91. The number of carbonyl (C=O) groups is 2. The molecule has 3 nitrogen and oxygen atoms in total. The first-order valence-electron chi connectivity index (χ1n) is 5.29. The summed E-state index contributed by atoms with van der Waals surface area (Å²) in [6.45, 7) is 3.26. The lowest BCUT2D eigenvalue weighted by Gasteiger charge is -2.13. The molecule has 1 aromatic carbocycles. The quantitative estimate of drug-likeness (QED) is 0.613. The summed E-state index contributed by atoms with van der Waals surface area (Å²) in [7, 11) is 1.28. The van der Waals surface area contributed by atoms with Gasteiger partial charge in [-0.05, 0) is 37.5 Å². The summed E-state index contributed by atoms with van der Waals surface area (Å²) < 4.78 is 4.62. The van der Waals surface area contributed by atoms with Crippen LogP contribution >= 0.6 is 11.6 Å². The Bertz CT molecular complexity index is 440. The van der Waals surface area contributed by atoms with Crippen molar-refractivity contribution >= 4 is 23.4 Å². The molecule has 0 amide bonds. The van der Waals surface area contributed by atoms with Crippen molar-refractivity contribution in [2.24, 2.45) is 5.92 Å². The van der Waals surface area contributed by atoms with Gasteiger partial charge in [-0.1, -0.05) is 23.7 Å². The largest absolute Gasteiger partial charge is 0.468 e. The molecule has 0 aliphatic carbocycles. The van der Waals surface area contributed by atoms with Gasteiger partial charge in [-0.15, -0.1) is 0 Å². The van der Waals surface area contributed by atoms with E-state index in [2.05, 4.69) is 4.74 Å². The molecule has 0 N–H and O–H groups in total. The van der Waals surface area contributed by atoms with Crippen LogP contribution in [0.5, 0.6) is 0 Å². The molecular weight excluding hydrogens is 240 g/mol. The highest BCUT2D eigenvalue weighted by atomic mass is 35.5. The minimum absolute atomic E-state index is 0.198. The smallest absolute Gasteiger partial charge is 0.316 e. The standard InChI is InChI=1S/C13H15ClO3/c1-8-10(5-4-6-12(8)14)7-11(9(2)15)13(16)17-3/h4-6,11H,7H2,1-3H3. The van der Waals surface area contributed by atoms with Crippen molar-refractivity contribution in [3.63, 3.8) is 0 Å². The Morgan fingerprint density at radius 1 is 1.41 bits per heavy atom. The number of ether oxygens (including phenoxy) is 1. The molecule has 0 saturated carbocycles. The van der Waals surface area contributed by atoms with Crippen LogP contribution in [0.25, 0.3) is 0 Å². The van der Waals surface area contributed by atoms with E-state index in [0.717, 1.165) is 11.1 Å². The lowest BCUT2D eigenvalue weighted by Crippen LogP contribution is -2.25. The van der Waals surface area contributed by atoms with Gasteiger partial charge in [-0.25, -0.2) is 0 Å². The lowest BCUT2D eigenvalue weighted by atomic mass is 9.93. The molecule has 0 spiro atoms. The van der Waals surface area contributed by atoms with Crippen molar-refractivity contribution in [2.45, 2.75) is 20.3 Å². The summed E-state index contributed by atoms with van der Waals surface area (Å²) in [6, 6.07) is 5.44. The molecule has 0 aliphatic rings. The van der Waals surface area contributed by atoms with Crippen LogP contribution in [0.4, 0.5) is 0 Å². The van der Waals surface area contributed by atoms with E-state index in [-0.39, 0.29) is 5.78 Å². The summed E-state index contributed by atoms with van der Waals surface area (Å²) in [5.74, 6) is -1.45. The average molecular weight is 255 g/mol. The molecule has 1 aromatic rings. The average Bonchev–Trinajstić information content (AvgIpc) is 2.29. The fourth-order valence-electron chi connectivity index (χ4n) is 1.63. The zero-order valence-corrected chi connectivity index (χ0v) is 10.9. The van der Waals surface area contributed by atoms with Gasteiger partial charge in [0.2, 0.25) is 0 Å². The predicted molar refractivity (Wildman–Crippen MR) is 66.1 cm³/mol. The molecule has 1 unspecified atom stereocenters. The zero-order valence-electron chi connectivity index (χ0n) is 10.1. The molecule has 0 aliphatic heterocycles. The molecule has 17 heavy (non-hydrogen) atoms. The summed E-state index contributed by atoms with van der Waals surface area (Å²) in [5.41, 5.74) is 1.78. The number of ketones is 1. The van der Waals surface area contributed by atoms with Crippen LogP contribution < -0.4 is 0 Å². The lowest BCUT2D eigenvalue weighted by molar-refractivity contribution is -0.148. The Labute approximate surface area is 106 Å². The molecule has 4 heteroatoms. The number of hydrogen-bond donors (Lipinski definition) is 0. The van der Waals surface area contributed by atoms with E-state index in [0.29, 0.717) is 11.4 Å². The zero-order chi connectivity index (χ0) is 13.0. The van der Waals surface area contributed by atoms with Crippen LogP contribution in [0.1, 0.15) is 18.1 Å². The van der Waals surface area contributed by atoms with Crippen LogP contribution in [-0.4, -0.2) is 18.9 Å². The fourth-order valence-corrected chi connectivity index (χ4v) is 1.82. The van der Waals surface area contributed by atoms with E-state index in [1.807, 2.05) is 13.0 Å². The Hall–Kier alpha value is -1.35. The topological polar surface area (TPSA) is 43.4 Å². The van der Waals surface area contributed by atoms with Crippen molar-refractivity contribution in [2.75, 3.05) is 7.11 Å². The normalized spacial score (nSPS) is 12.0. The van der Waals surface area contributed by atoms with Gasteiger partial charge in [-0.2, -0.15) is 0 Å². The Morgan fingerprint density at radius 2 is 2.06 bits per heavy atom. The number of methoxy groups -OCH3 is 1. The maximum absolute atomic E-state index is 11.5. The maximum atomic E-state index is 11.5. The van der Waals surface area contributed by atoms with Crippen LogP contribution in [0.15, 0.2) is 18.2 Å². The molecule has 92 valence electrons. The van der Waals surface area contributed by atoms with Crippen molar-refractivity contribution in [3.05, 3.63) is 34.3 Å². The summed E-state index contributed by atoms with van der Waals surface area (Å²) >= 11 is 5.99. The first-order chi connectivity index (χ1) is 7.97. The molecule has 0 radical (unpaired) electrons. The van der Waals surface area contributed by atoms with Gasteiger partial charge in [0.1, 0.15) is 11.7 Å². The van der Waals surface area contributed by atoms with Crippen LogP contribution in [0, 0.1) is 12.8 Å². The summed E-state index contributed by atoms with van der Waals surface area (Å²) in [6.07, 6.45) is 0.328. The molecule has 0 aromatic heterocycles. The number of Topliss-reactive ketones (excluding diaryl/α,β-unsaturated/α-hetero) is 1. The van der Waals surface area contributed by atoms with E-state index >= 15 is 0 Å². The maximum Gasteiger partial charge on any atom is 0.316 e. The van der Waals surface area contributed by atoms with Crippen molar-refractivity contribution in [3.8, 4) is 0 Å². The Balaban J connectivity index is 2.98. The minimum atomic E-state index is -0.753. The van der Waals surface area contributed by atoms with Gasteiger partial charge in [0.05, 0.1) is 7.11 Å². The van der Waals surface area contributed by atoms with Crippen molar-refractivity contribution in [1.82, 2.24) is 0 Å². The Kier molecular flexibility index (Phi) is 4.70. The van der Waals surface area contributed by atoms with Crippen LogP contribution in [0.2, 0.25) is 5.02 Å². The van der Waals surface area contributed by atoms with Crippen molar-refractivity contribution in [1.29, 1.82) is 0 Å². The minimum Gasteiger partial charge on any atom is -0.468 e. The fraction of sp³-hybridized carbons (Fsp3) is 0.385. The predicted octanol–water partition coefficient (Wildman–Crippen LogP) is 2.57. The van der Waals surface area contributed by atoms with Gasteiger partial charge < -0.3 is 4.74 Å². The monoisotopic (exact) mass is 254 g/mol. The molecule has 0 bridgehead atoms. The molecule has 1 rings (SSSR count). The molecule has 0 saturated heterocycles. The van der Waals surface area contributed by atoms with Gasteiger partial charge in [0.15, 0.2) is 0 Å². The highest BCUT2D eigenvalue weighted by Gasteiger charge is 2.25. The highest BCUT2D eigenvalue weighted by molar-refractivity contribution is 6.31. The number of carbonyl (C=O) groups excluding carboxylic acids is 2.